The Kier molecular flexibility index (Phi) is 9.42. The molecule has 1 aromatic carbocycles. The fourth-order valence-electron chi connectivity index (χ4n) is 2.95. The van der Waals surface area contributed by atoms with Gasteiger partial charge in [0.25, 0.3) is 0 Å². The van der Waals surface area contributed by atoms with Crippen molar-refractivity contribution in [2.75, 3.05) is 27.2 Å². The molecule has 126 valence electrons. The minimum absolute atomic E-state index is 0.0167. The number of unbranched alkanes of at least 4 members (excludes halogenated alkanes) is 2. The van der Waals surface area contributed by atoms with Crippen LogP contribution >= 0.6 is 0 Å². The van der Waals surface area contributed by atoms with Gasteiger partial charge in [-0.15, -0.1) is 0 Å². The zero-order chi connectivity index (χ0) is 16.3. The summed E-state index contributed by atoms with van der Waals surface area (Å²) in [7, 11) is 4.25. The average molecular weight is 306 g/mol. The van der Waals surface area contributed by atoms with Crippen molar-refractivity contribution in [1.29, 1.82) is 0 Å². The summed E-state index contributed by atoms with van der Waals surface area (Å²) < 4.78 is 6.45. The Morgan fingerprint density at radius 3 is 2.32 bits per heavy atom. The largest absolute Gasteiger partial charge is 0.375 e. The van der Waals surface area contributed by atoms with Gasteiger partial charge in [-0.3, -0.25) is 0 Å². The van der Waals surface area contributed by atoms with E-state index in [0.717, 1.165) is 32.4 Å². The fraction of sp³-hybridized carbons (Fsp3) is 0.700. The van der Waals surface area contributed by atoms with E-state index in [1.807, 2.05) is 0 Å². The molecule has 0 saturated carbocycles. The molecule has 0 aliphatic rings. The molecule has 0 spiro atoms. The first kappa shape index (κ1) is 19.2. The van der Waals surface area contributed by atoms with Gasteiger partial charge in [-0.05, 0) is 45.5 Å². The van der Waals surface area contributed by atoms with Crippen LogP contribution in [0.5, 0.6) is 0 Å². The smallest absolute Gasteiger partial charge is 0.0720 e. The lowest BCUT2D eigenvalue weighted by Gasteiger charge is -2.34. The number of benzene rings is 1. The molecule has 0 amide bonds. The van der Waals surface area contributed by atoms with Crippen LogP contribution in [0.1, 0.15) is 57.9 Å². The summed E-state index contributed by atoms with van der Waals surface area (Å²) in [5.41, 5.74) is 1.41. The van der Waals surface area contributed by atoms with E-state index >= 15 is 0 Å². The summed E-state index contributed by atoms with van der Waals surface area (Å²) in [4.78, 5) is 2.23. The van der Waals surface area contributed by atoms with Gasteiger partial charge in [0.05, 0.1) is 5.60 Å². The third-order valence-electron chi connectivity index (χ3n) is 4.41. The highest BCUT2D eigenvalue weighted by Crippen LogP contribution is 2.28. The monoisotopic (exact) mass is 305 g/mol. The molecule has 22 heavy (non-hydrogen) atoms. The maximum atomic E-state index is 6.45. The Balaban J connectivity index is 2.64. The van der Waals surface area contributed by atoms with Crippen molar-refractivity contribution in [2.24, 2.45) is 0 Å². The molecule has 0 fully saturated rings. The number of hydrogen-bond donors (Lipinski definition) is 0. The van der Waals surface area contributed by atoms with Crippen LogP contribution < -0.4 is 0 Å². The number of rotatable bonds is 12. The van der Waals surface area contributed by atoms with Crippen molar-refractivity contribution >= 4 is 0 Å². The molecule has 0 N–H and O–H groups in total. The van der Waals surface area contributed by atoms with E-state index in [0.29, 0.717) is 0 Å². The van der Waals surface area contributed by atoms with E-state index < -0.39 is 0 Å². The molecule has 0 aliphatic heterocycles. The average Bonchev–Trinajstić information content (AvgIpc) is 2.52. The standard InChI is InChI=1S/C20H35NO/c1-5-7-11-15-20(6-2,22-17-12-16-21(3)4)18-19-13-9-8-10-14-19/h8-10,13-14H,5-7,11-12,15-18H2,1-4H3. The predicted octanol–water partition coefficient (Wildman–Crippen LogP) is 4.93. The van der Waals surface area contributed by atoms with Crippen LogP contribution in [0.3, 0.4) is 0 Å². The molecular formula is C20H35NO. The Labute approximate surface area is 137 Å². The van der Waals surface area contributed by atoms with Crippen molar-refractivity contribution in [3.05, 3.63) is 35.9 Å². The molecular weight excluding hydrogens is 270 g/mol. The van der Waals surface area contributed by atoms with Gasteiger partial charge in [0.15, 0.2) is 0 Å². The van der Waals surface area contributed by atoms with E-state index in [1.165, 1.54) is 31.2 Å². The highest BCUT2D eigenvalue weighted by atomic mass is 16.5. The van der Waals surface area contributed by atoms with E-state index in [1.54, 1.807) is 0 Å². The van der Waals surface area contributed by atoms with Crippen molar-refractivity contribution < 1.29 is 4.74 Å². The first-order valence-electron chi connectivity index (χ1n) is 8.94. The summed E-state index contributed by atoms with van der Waals surface area (Å²) in [5.74, 6) is 0. The zero-order valence-electron chi connectivity index (χ0n) is 15.1. The molecule has 0 saturated heterocycles. The second-order valence-electron chi connectivity index (χ2n) is 6.66. The second-order valence-corrected chi connectivity index (χ2v) is 6.66. The summed E-state index contributed by atoms with van der Waals surface area (Å²) in [6, 6.07) is 10.8. The molecule has 1 rings (SSSR count). The van der Waals surface area contributed by atoms with E-state index in [9.17, 15) is 0 Å². The molecule has 2 nitrogen and oxygen atoms in total. The molecule has 1 unspecified atom stereocenters. The van der Waals surface area contributed by atoms with Crippen molar-refractivity contribution in [1.82, 2.24) is 4.90 Å². The van der Waals surface area contributed by atoms with Gasteiger partial charge in [-0.2, -0.15) is 0 Å². The SMILES string of the molecule is CCCCCC(CC)(Cc1ccccc1)OCCCN(C)C. The lowest BCUT2D eigenvalue weighted by Crippen LogP contribution is -2.35. The second kappa shape index (κ2) is 10.8. The van der Waals surface area contributed by atoms with Gasteiger partial charge in [-0.25, -0.2) is 0 Å². The van der Waals surface area contributed by atoms with Gasteiger partial charge in [0.2, 0.25) is 0 Å². The highest BCUT2D eigenvalue weighted by molar-refractivity contribution is 5.17. The van der Waals surface area contributed by atoms with Crippen LogP contribution in [-0.2, 0) is 11.2 Å². The first-order chi connectivity index (χ1) is 10.6. The van der Waals surface area contributed by atoms with Crippen molar-refractivity contribution in [2.45, 2.75) is 64.4 Å². The molecule has 1 aromatic rings. The Morgan fingerprint density at radius 2 is 1.73 bits per heavy atom. The summed E-state index contributed by atoms with van der Waals surface area (Å²) in [6.07, 6.45) is 8.25. The number of nitrogens with zero attached hydrogens (tertiary/aromatic N) is 1. The Bertz CT molecular complexity index is 377. The van der Waals surface area contributed by atoms with Gasteiger partial charge >= 0.3 is 0 Å². The Hall–Kier alpha value is -0.860. The van der Waals surface area contributed by atoms with Crippen LogP contribution in [0.15, 0.2) is 30.3 Å². The molecule has 1 atom stereocenters. The van der Waals surface area contributed by atoms with E-state index in [-0.39, 0.29) is 5.60 Å². The minimum atomic E-state index is 0.0167. The summed E-state index contributed by atoms with van der Waals surface area (Å²) >= 11 is 0. The maximum absolute atomic E-state index is 6.45. The Morgan fingerprint density at radius 1 is 1.00 bits per heavy atom. The molecule has 0 aliphatic carbocycles. The van der Waals surface area contributed by atoms with Crippen LogP contribution in [0.2, 0.25) is 0 Å². The van der Waals surface area contributed by atoms with E-state index in [4.69, 9.17) is 4.74 Å². The van der Waals surface area contributed by atoms with Gasteiger partial charge in [0.1, 0.15) is 0 Å². The van der Waals surface area contributed by atoms with Crippen LogP contribution in [0.25, 0.3) is 0 Å². The molecule has 0 aromatic heterocycles. The zero-order valence-corrected chi connectivity index (χ0v) is 15.1. The molecule has 0 radical (unpaired) electrons. The topological polar surface area (TPSA) is 12.5 Å². The first-order valence-corrected chi connectivity index (χ1v) is 8.94. The lowest BCUT2D eigenvalue weighted by molar-refractivity contribution is -0.0578. The van der Waals surface area contributed by atoms with Crippen molar-refractivity contribution in [3.63, 3.8) is 0 Å². The fourth-order valence-corrected chi connectivity index (χ4v) is 2.95. The molecule has 0 heterocycles. The number of hydrogen-bond acceptors (Lipinski definition) is 2. The highest BCUT2D eigenvalue weighted by Gasteiger charge is 2.28. The quantitative estimate of drug-likeness (QED) is 0.508. The van der Waals surface area contributed by atoms with Crippen molar-refractivity contribution in [3.8, 4) is 0 Å². The molecule has 0 bridgehead atoms. The maximum Gasteiger partial charge on any atom is 0.0720 e. The molecule has 2 heteroatoms. The normalized spacial score (nSPS) is 14.2. The van der Waals surface area contributed by atoms with Crippen LogP contribution in [-0.4, -0.2) is 37.7 Å². The minimum Gasteiger partial charge on any atom is -0.375 e. The predicted molar refractivity (Wildman–Crippen MR) is 96.4 cm³/mol. The number of ether oxygens (including phenoxy) is 1. The van der Waals surface area contributed by atoms with Crippen LogP contribution in [0.4, 0.5) is 0 Å². The van der Waals surface area contributed by atoms with Gasteiger partial charge in [-0.1, -0.05) is 63.4 Å². The van der Waals surface area contributed by atoms with Gasteiger partial charge < -0.3 is 9.64 Å². The third kappa shape index (κ3) is 7.42. The summed E-state index contributed by atoms with van der Waals surface area (Å²) in [6.45, 7) is 6.51. The third-order valence-corrected chi connectivity index (χ3v) is 4.41. The van der Waals surface area contributed by atoms with Gasteiger partial charge in [0, 0.05) is 13.0 Å². The summed E-state index contributed by atoms with van der Waals surface area (Å²) in [5, 5.41) is 0. The van der Waals surface area contributed by atoms with Crippen LogP contribution in [0, 0.1) is 0 Å². The lowest BCUT2D eigenvalue weighted by atomic mass is 9.86. The van der Waals surface area contributed by atoms with E-state index in [2.05, 4.69) is 63.2 Å².